The standard InChI is InChI=1S/C26H23NO4/c28-23(18-31-24(29)16-9-17-30-20-12-5-2-6-13-20)25-21-14-7-8-15-22(21)27-26(25)19-10-3-1-4-11-19/h1-8,10-15,27H,9,16-18H2. The van der Waals surface area contributed by atoms with Crippen molar-refractivity contribution < 1.29 is 19.1 Å². The lowest BCUT2D eigenvalue weighted by molar-refractivity contribution is -0.142. The number of ketones is 1. The molecule has 0 amide bonds. The molecule has 0 fully saturated rings. The molecule has 0 aliphatic rings. The van der Waals surface area contributed by atoms with Crippen molar-refractivity contribution in [3.63, 3.8) is 0 Å². The summed E-state index contributed by atoms with van der Waals surface area (Å²) in [6.45, 7) is 0.119. The summed E-state index contributed by atoms with van der Waals surface area (Å²) in [7, 11) is 0. The van der Waals surface area contributed by atoms with E-state index >= 15 is 0 Å². The molecule has 31 heavy (non-hydrogen) atoms. The fourth-order valence-corrected chi connectivity index (χ4v) is 3.47. The van der Waals surface area contributed by atoms with Gasteiger partial charge in [-0.15, -0.1) is 0 Å². The zero-order valence-electron chi connectivity index (χ0n) is 17.0. The third kappa shape index (κ3) is 5.01. The van der Waals surface area contributed by atoms with Crippen LogP contribution in [0.3, 0.4) is 0 Å². The maximum absolute atomic E-state index is 13.0. The van der Waals surface area contributed by atoms with Gasteiger partial charge in [-0.1, -0.05) is 66.7 Å². The monoisotopic (exact) mass is 413 g/mol. The van der Waals surface area contributed by atoms with Gasteiger partial charge in [0, 0.05) is 17.3 Å². The largest absolute Gasteiger partial charge is 0.494 e. The number of rotatable bonds is 9. The Morgan fingerprint density at radius 2 is 1.48 bits per heavy atom. The van der Waals surface area contributed by atoms with Gasteiger partial charge >= 0.3 is 5.97 Å². The van der Waals surface area contributed by atoms with Crippen LogP contribution in [0, 0.1) is 0 Å². The van der Waals surface area contributed by atoms with E-state index in [2.05, 4.69) is 4.98 Å². The Morgan fingerprint density at radius 3 is 2.26 bits per heavy atom. The number of para-hydroxylation sites is 2. The smallest absolute Gasteiger partial charge is 0.306 e. The maximum Gasteiger partial charge on any atom is 0.306 e. The van der Waals surface area contributed by atoms with Gasteiger partial charge in [-0.3, -0.25) is 9.59 Å². The Bertz CT molecular complexity index is 1170. The Balaban J connectivity index is 1.38. The molecule has 0 saturated carbocycles. The highest BCUT2D eigenvalue weighted by Gasteiger charge is 2.20. The van der Waals surface area contributed by atoms with Crippen molar-refractivity contribution in [1.29, 1.82) is 0 Å². The van der Waals surface area contributed by atoms with Crippen molar-refractivity contribution in [2.24, 2.45) is 0 Å². The van der Waals surface area contributed by atoms with E-state index in [1.807, 2.05) is 84.9 Å². The third-order valence-electron chi connectivity index (χ3n) is 4.95. The number of H-pyrrole nitrogens is 1. The molecule has 3 aromatic carbocycles. The van der Waals surface area contributed by atoms with Gasteiger partial charge < -0.3 is 14.5 Å². The van der Waals surface area contributed by atoms with Crippen molar-refractivity contribution in [3.8, 4) is 17.0 Å². The minimum Gasteiger partial charge on any atom is -0.494 e. The summed E-state index contributed by atoms with van der Waals surface area (Å²) in [5.41, 5.74) is 3.06. The lowest BCUT2D eigenvalue weighted by Gasteiger charge is -2.07. The van der Waals surface area contributed by atoms with Crippen molar-refractivity contribution in [2.45, 2.75) is 12.8 Å². The van der Waals surface area contributed by atoms with Gasteiger partial charge in [0.1, 0.15) is 5.75 Å². The lowest BCUT2D eigenvalue weighted by atomic mass is 10.0. The first-order chi connectivity index (χ1) is 15.2. The van der Waals surface area contributed by atoms with E-state index in [9.17, 15) is 9.59 Å². The minimum atomic E-state index is -0.411. The van der Waals surface area contributed by atoms with Crippen molar-refractivity contribution in [1.82, 2.24) is 4.98 Å². The van der Waals surface area contributed by atoms with E-state index < -0.39 is 5.97 Å². The number of esters is 1. The number of ether oxygens (including phenoxy) is 2. The summed E-state index contributed by atoms with van der Waals surface area (Å²) >= 11 is 0. The van der Waals surface area contributed by atoms with Crippen molar-refractivity contribution in [3.05, 3.63) is 90.5 Å². The average Bonchev–Trinajstić information content (AvgIpc) is 3.21. The molecule has 0 unspecified atom stereocenters. The molecular formula is C26H23NO4. The van der Waals surface area contributed by atoms with Crippen LogP contribution in [0.2, 0.25) is 0 Å². The summed E-state index contributed by atoms with van der Waals surface area (Å²) in [6.07, 6.45) is 0.712. The summed E-state index contributed by atoms with van der Waals surface area (Å²) < 4.78 is 10.8. The van der Waals surface area contributed by atoms with Crippen LogP contribution in [0.1, 0.15) is 23.2 Å². The summed E-state index contributed by atoms with van der Waals surface area (Å²) in [4.78, 5) is 28.4. The first kappa shape index (κ1) is 20.4. The molecule has 0 radical (unpaired) electrons. The van der Waals surface area contributed by atoms with E-state index in [0.717, 1.165) is 27.9 Å². The first-order valence-electron chi connectivity index (χ1n) is 10.2. The van der Waals surface area contributed by atoms with Crippen LogP contribution in [0.15, 0.2) is 84.9 Å². The van der Waals surface area contributed by atoms with Crippen LogP contribution in [0.25, 0.3) is 22.2 Å². The fourth-order valence-electron chi connectivity index (χ4n) is 3.47. The Kier molecular flexibility index (Phi) is 6.43. The number of carbonyl (C=O) groups excluding carboxylic acids is 2. The van der Waals surface area contributed by atoms with Crippen LogP contribution >= 0.6 is 0 Å². The quantitative estimate of drug-likeness (QED) is 0.226. The second kappa shape index (κ2) is 9.76. The highest BCUT2D eigenvalue weighted by molar-refractivity contribution is 6.14. The second-order valence-corrected chi connectivity index (χ2v) is 7.14. The molecule has 0 spiro atoms. The van der Waals surface area contributed by atoms with Gasteiger partial charge in [-0.25, -0.2) is 0 Å². The van der Waals surface area contributed by atoms with Crippen LogP contribution < -0.4 is 4.74 Å². The maximum atomic E-state index is 13.0. The predicted molar refractivity (Wildman–Crippen MR) is 120 cm³/mol. The van der Waals surface area contributed by atoms with Gasteiger partial charge in [-0.05, 0) is 30.2 Å². The van der Waals surface area contributed by atoms with E-state index in [4.69, 9.17) is 9.47 Å². The molecule has 0 bridgehead atoms. The van der Waals surface area contributed by atoms with Crippen molar-refractivity contribution >= 4 is 22.7 Å². The molecular weight excluding hydrogens is 390 g/mol. The topological polar surface area (TPSA) is 68.4 Å². The van der Waals surface area contributed by atoms with Gasteiger partial charge in [0.15, 0.2) is 6.61 Å². The van der Waals surface area contributed by atoms with E-state index in [-0.39, 0.29) is 18.8 Å². The number of carbonyl (C=O) groups is 2. The molecule has 5 heteroatoms. The highest BCUT2D eigenvalue weighted by Crippen LogP contribution is 2.30. The molecule has 1 N–H and O–H groups in total. The minimum absolute atomic E-state index is 0.194. The zero-order chi connectivity index (χ0) is 21.5. The number of hydrogen-bond acceptors (Lipinski definition) is 4. The molecule has 0 aliphatic heterocycles. The number of Topliss-reactive ketones (excluding diaryl/α,β-unsaturated/α-hetero) is 1. The Hall–Kier alpha value is -3.86. The van der Waals surface area contributed by atoms with Crippen LogP contribution in [-0.4, -0.2) is 30.0 Å². The summed E-state index contributed by atoms with van der Waals surface area (Å²) in [5.74, 6) is 0.120. The fraction of sp³-hybridized carbons (Fsp3) is 0.154. The van der Waals surface area contributed by atoms with Gasteiger partial charge in [-0.2, -0.15) is 0 Å². The summed E-state index contributed by atoms with van der Waals surface area (Å²) in [6, 6.07) is 26.7. The van der Waals surface area contributed by atoms with Gasteiger partial charge in [0.05, 0.1) is 17.9 Å². The normalized spacial score (nSPS) is 10.7. The number of nitrogens with one attached hydrogen (secondary N) is 1. The van der Waals surface area contributed by atoms with Gasteiger partial charge in [0.25, 0.3) is 0 Å². The molecule has 0 saturated heterocycles. The number of aromatic amines is 1. The summed E-state index contributed by atoms with van der Waals surface area (Å²) in [5, 5.41) is 0.818. The van der Waals surface area contributed by atoms with E-state index in [1.54, 1.807) is 0 Å². The van der Waals surface area contributed by atoms with Gasteiger partial charge in [0.2, 0.25) is 5.78 Å². The molecule has 5 nitrogen and oxygen atoms in total. The molecule has 0 aliphatic carbocycles. The van der Waals surface area contributed by atoms with E-state index in [1.165, 1.54) is 0 Å². The van der Waals surface area contributed by atoms with Crippen LogP contribution in [0.5, 0.6) is 5.75 Å². The SMILES string of the molecule is O=C(CCCOc1ccccc1)OCC(=O)c1c(-c2ccccc2)[nH]c2ccccc12. The predicted octanol–water partition coefficient (Wildman–Crippen LogP) is 5.42. The van der Waals surface area contributed by atoms with E-state index in [0.29, 0.717) is 18.6 Å². The molecule has 4 aromatic rings. The van der Waals surface area contributed by atoms with Crippen molar-refractivity contribution in [2.75, 3.05) is 13.2 Å². The number of benzene rings is 3. The molecule has 156 valence electrons. The molecule has 4 rings (SSSR count). The highest BCUT2D eigenvalue weighted by atomic mass is 16.5. The first-order valence-corrected chi connectivity index (χ1v) is 10.2. The zero-order valence-corrected chi connectivity index (χ0v) is 17.0. The lowest BCUT2D eigenvalue weighted by Crippen LogP contribution is -2.15. The molecule has 1 aromatic heterocycles. The molecule has 0 atom stereocenters. The Labute approximate surface area is 180 Å². The third-order valence-corrected chi connectivity index (χ3v) is 4.95. The number of aromatic nitrogens is 1. The average molecular weight is 413 g/mol. The molecule has 1 heterocycles. The number of hydrogen-bond donors (Lipinski definition) is 1. The second-order valence-electron chi connectivity index (χ2n) is 7.14. The number of fused-ring (bicyclic) bond motifs is 1. The van der Waals surface area contributed by atoms with Crippen LogP contribution in [0.4, 0.5) is 0 Å². The van der Waals surface area contributed by atoms with Crippen LogP contribution in [-0.2, 0) is 9.53 Å². The Morgan fingerprint density at radius 1 is 0.806 bits per heavy atom.